The largest absolute Gasteiger partial charge is 0.308 e. The molecule has 3 heteroatoms. The van der Waals surface area contributed by atoms with Gasteiger partial charge in [-0.3, -0.25) is 0 Å². The summed E-state index contributed by atoms with van der Waals surface area (Å²) < 4.78 is 6.22. The number of hydrogen-bond donors (Lipinski definition) is 0. The number of nitrogens with zero attached hydrogens (tertiary/aromatic N) is 1. The lowest BCUT2D eigenvalue weighted by atomic mass is 9.99. The van der Waals surface area contributed by atoms with Crippen LogP contribution in [0.5, 0.6) is 0 Å². The van der Waals surface area contributed by atoms with E-state index in [0.717, 1.165) is 4.47 Å². The van der Waals surface area contributed by atoms with Crippen molar-refractivity contribution in [2.24, 2.45) is 0 Å². The van der Waals surface area contributed by atoms with E-state index in [9.17, 15) is 0 Å². The maximum absolute atomic E-state index is 3.68. The van der Waals surface area contributed by atoms with Crippen LogP contribution in [0.2, 0.25) is 0 Å². The minimum atomic E-state index is 1.09. The van der Waals surface area contributed by atoms with Gasteiger partial charge in [0.1, 0.15) is 0 Å². The topological polar surface area (TPSA) is 4.93 Å². The van der Waals surface area contributed by atoms with Crippen molar-refractivity contribution in [1.82, 2.24) is 4.57 Å². The molecule has 31 heavy (non-hydrogen) atoms. The van der Waals surface area contributed by atoms with Crippen molar-refractivity contribution in [2.45, 2.75) is 0 Å². The first kappa shape index (κ1) is 17.5. The first-order valence-electron chi connectivity index (χ1n) is 10.3. The van der Waals surface area contributed by atoms with Crippen molar-refractivity contribution in [3.05, 3.63) is 102 Å². The van der Waals surface area contributed by atoms with E-state index in [1.807, 2.05) is 11.3 Å². The van der Waals surface area contributed by atoms with E-state index in [-0.39, 0.29) is 0 Å². The highest BCUT2D eigenvalue weighted by atomic mass is 79.9. The molecule has 0 unspecified atom stereocenters. The summed E-state index contributed by atoms with van der Waals surface area (Å²) in [6.45, 7) is 0. The Labute approximate surface area is 191 Å². The number of para-hydroxylation sites is 1. The van der Waals surface area contributed by atoms with Gasteiger partial charge in [0.2, 0.25) is 0 Å². The van der Waals surface area contributed by atoms with Gasteiger partial charge < -0.3 is 4.57 Å². The molecule has 2 heterocycles. The fraction of sp³-hybridized carbons (Fsp3) is 0. The molecule has 7 aromatic rings. The second-order valence-corrected chi connectivity index (χ2v) is 9.87. The molecule has 0 aliphatic heterocycles. The van der Waals surface area contributed by atoms with E-state index < -0.39 is 0 Å². The maximum Gasteiger partial charge on any atom is 0.0726 e. The minimum Gasteiger partial charge on any atom is -0.308 e. The molecule has 1 nitrogen and oxygen atoms in total. The SMILES string of the molecule is Brc1cccc(-n2c3ccccc3c3c4ccccc4c4c5ccccc5sc4c32)c1. The molecule has 0 spiro atoms. The van der Waals surface area contributed by atoms with Gasteiger partial charge >= 0.3 is 0 Å². The molecule has 0 N–H and O–H groups in total. The van der Waals surface area contributed by atoms with Crippen LogP contribution < -0.4 is 0 Å². The Bertz CT molecular complexity index is 1810. The molecule has 0 atom stereocenters. The van der Waals surface area contributed by atoms with Crippen molar-refractivity contribution in [3.8, 4) is 5.69 Å². The summed E-state index contributed by atoms with van der Waals surface area (Å²) in [6, 6.07) is 35.1. The average molecular weight is 478 g/mol. The number of benzene rings is 5. The highest BCUT2D eigenvalue weighted by Crippen LogP contribution is 2.47. The lowest BCUT2D eigenvalue weighted by Gasteiger charge is -2.10. The van der Waals surface area contributed by atoms with Crippen LogP contribution in [0, 0.1) is 0 Å². The van der Waals surface area contributed by atoms with Gasteiger partial charge in [0.25, 0.3) is 0 Å². The Kier molecular flexibility index (Phi) is 3.64. The van der Waals surface area contributed by atoms with Crippen LogP contribution >= 0.6 is 27.3 Å². The third kappa shape index (κ3) is 2.36. The molecule has 0 bridgehead atoms. The van der Waals surface area contributed by atoms with Crippen LogP contribution in [0.25, 0.3) is 58.4 Å². The molecule has 146 valence electrons. The molecular weight excluding hydrogens is 462 g/mol. The van der Waals surface area contributed by atoms with Crippen LogP contribution in [0.1, 0.15) is 0 Å². The summed E-state index contributed by atoms with van der Waals surface area (Å²) in [7, 11) is 0. The first-order chi connectivity index (χ1) is 15.3. The number of halogens is 1. The lowest BCUT2D eigenvalue weighted by molar-refractivity contribution is 1.18. The van der Waals surface area contributed by atoms with E-state index in [1.54, 1.807) is 0 Å². The smallest absolute Gasteiger partial charge is 0.0726 e. The monoisotopic (exact) mass is 477 g/mol. The van der Waals surface area contributed by atoms with Gasteiger partial charge in [-0.15, -0.1) is 11.3 Å². The molecule has 0 aliphatic rings. The van der Waals surface area contributed by atoms with Crippen LogP contribution in [0.4, 0.5) is 0 Å². The Hall–Kier alpha value is -3.14. The van der Waals surface area contributed by atoms with E-state index in [4.69, 9.17) is 0 Å². The van der Waals surface area contributed by atoms with Crippen molar-refractivity contribution in [2.75, 3.05) is 0 Å². The summed E-state index contributed by atoms with van der Waals surface area (Å²) in [6.07, 6.45) is 0. The highest BCUT2D eigenvalue weighted by molar-refractivity contribution is 9.10. The third-order valence-corrected chi connectivity index (χ3v) is 7.89. The molecule has 0 saturated heterocycles. The fourth-order valence-electron chi connectivity index (χ4n) is 5.01. The van der Waals surface area contributed by atoms with E-state index in [0.29, 0.717) is 0 Å². The molecule has 7 rings (SSSR count). The van der Waals surface area contributed by atoms with E-state index in [2.05, 4.69) is 118 Å². The van der Waals surface area contributed by atoms with Gasteiger partial charge in [0, 0.05) is 36.4 Å². The predicted octanol–water partition coefficient (Wildman–Crippen LogP) is 9.07. The molecule has 0 fully saturated rings. The maximum atomic E-state index is 3.68. The first-order valence-corrected chi connectivity index (χ1v) is 11.9. The molecule has 5 aromatic carbocycles. The summed E-state index contributed by atoms with van der Waals surface area (Å²) in [4.78, 5) is 0. The van der Waals surface area contributed by atoms with Gasteiger partial charge in [-0.2, -0.15) is 0 Å². The lowest BCUT2D eigenvalue weighted by Crippen LogP contribution is -1.93. The second kappa shape index (κ2) is 6.43. The van der Waals surface area contributed by atoms with Gasteiger partial charge in [0.05, 0.1) is 15.7 Å². The predicted molar refractivity (Wildman–Crippen MR) is 139 cm³/mol. The van der Waals surface area contributed by atoms with Crippen LogP contribution in [0.3, 0.4) is 0 Å². The van der Waals surface area contributed by atoms with Crippen LogP contribution in [-0.2, 0) is 0 Å². The summed E-state index contributed by atoms with van der Waals surface area (Å²) in [5.41, 5.74) is 3.72. The number of aromatic nitrogens is 1. The van der Waals surface area contributed by atoms with Crippen molar-refractivity contribution in [3.63, 3.8) is 0 Å². The Morgan fingerprint density at radius 1 is 0.613 bits per heavy atom. The zero-order valence-corrected chi connectivity index (χ0v) is 18.9. The zero-order chi connectivity index (χ0) is 20.5. The van der Waals surface area contributed by atoms with Gasteiger partial charge in [0.15, 0.2) is 0 Å². The Morgan fingerprint density at radius 2 is 1.29 bits per heavy atom. The minimum absolute atomic E-state index is 1.09. The normalized spacial score (nSPS) is 12.0. The molecule has 0 aliphatic carbocycles. The fourth-order valence-corrected chi connectivity index (χ4v) is 6.66. The Balaban J connectivity index is 1.87. The average Bonchev–Trinajstić information content (AvgIpc) is 3.36. The Morgan fingerprint density at radius 3 is 2.10 bits per heavy atom. The molecule has 0 radical (unpaired) electrons. The number of fused-ring (bicyclic) bond motifs is 10. The quantitative estimate of drug-likeness (QED) is 0.222. The molecular formula is C28H16BrNS. The summed E-state index contributed by atoms with van der Waals surface area (Å²) >= 11 is 5.58. The van der Waals surface area contributed by atoms with E-state index in [1.165, 1.54) is 58.4 Å². The molecule has 0 saturated carbocycles. The van der Waals surface area contributed by atoms with Crippen LogP contribution in [-0.4, -0.2) is 4.57 Å². The van der Waals surface area contributed by atoms with E-state index >= 15 is 0 Å². The van der Waals surface area contributed by atoms with Gasteiger partial charge in [-0.25, -0.2) is 0 Å². The zero-order valence-electron chi connectivity index (χ0n) is 16.5. The standard InChI is InChI=1S/C28H16BrNS/c29-17-8-7-9-18(16-17)30-23-14-5-3-12-21(23)25-19-10-1-2-11-20(19)26-22-13-4-6-15-24(22)31-28(26)27(25)30/h1-16H. The second-order valence-electron chi connectivity index (χ2n) is 7.90. The summed E-state index contributed by atoms with van der Waals surface area (Å²) in [5.74, 6) is 0. The van der Waals surface area contributed by atoms with Gasteiger partial charge in [-0.05, 0) is 41.1 Å². The van der Waals surface area contributed by atoms with Crippen molar-refractivity contribution >= 4 is 80.0 Å². The summed E-state index contributed by atoms with van der Waals surface area (Å²) in [5, 5.41) is 7.99. The highest BCUT2D eigenvalue weighted by Gasteiger charge is 2.21. The van der Waals surface area contributed by atoms with Crippen LogP contribution in [0.15, 0.2) is 102 Å². The number of hydrogen-bond acceptors (Lipinski definition) is 1. The van der Waals surface area contributed by atoms with Crippen molar-refractivity contribution < 1.29 is 0 Å². The number of rotatable bonds is 1. The third-order valence-electron chi connectivity index (χ3n) is 6.22. The molecule has 2 aromatic heterocycles. The molecule has 0 amide bonds. The number of thiophene rings is 1. The van der Waals surface area contributed by atoms with Gasteiger partial charge in [-0.1, -0.05) is 82.7 Å². The van der Waals surface area contributed by atoms with Crippen molar-refractivity contribution in [1.29, 1.82) is 0 Å².